The van der Waals surface area contributed by atoms with Crippen LogP contribution in [-0.2, 0) is 23.0 Å². The maximum Gasteiger partial charge on any atom is 0.311 e. The maximum atomic E-state index is 13.2. The highest BCUT2D eigenvalue weighted by Gasteiger charge is 2.22. The van der Waals surface area contributed by atoms with Crippen LogP contribution in [0, 0.1) is 0 Å². The Hall–Kier alpha value is -2.10. The van der Waals surface area contributed by atoms with E-state index in [1.807, 2.05) is 42.8 Å². The summed E-state index contributed by atoms with van der Waals surface area (Å²) in [5.41, 5.74) is 2.48. The average molecular weight is 484 g/mol. The third-order valence-corrected chi connectivity index (χ3v) is 7.13. The molecule has 0 atom stereocenters. The molecule has 0 fully saturated rings. The number of carbonyl (C=O) groups excluding carboxylic acids is 2. The van der Waals surface area contributed by atoms with Crippen LogP contribution in [0.25, 0.3) is 10.9 Å². The fourth-order valence-electron chi connectivity index (χ4n) is 5.09. The molecule has 0 spiro atoms. The smallest absolute Gasteiger partial charge is 0.311 e. The summed E-state index contributed by atoms with van der Waals surface area (Å²) in [4.78, 5) is 25.4. The van der Waals surface area contributed by atoms with Crippen molar-refractivity contribution in [1.82, 2.24) is 4.57 Å². The van der Waals surface area contributed by atoms with Crippen molar-refractivity contribution < 1.29 is 14.3 Å². The number of benzene rings is 1. The quantitative estimate of drug-likeness (QED) is 0.107. The van der Waals surface area contributed by atoms with E-state index in [1.54, 1.807) is 0 Å². The predicted octanol–water partition coefficient (Wildman–Crippen LogP) is 8.73. The zero-order chi connectivity index (χ0) is 25.3. The molecular weight excluding hydrogens is 434 g/mol. The number of fused-ring (bicyclic) bond motifs is 1. The summed E-state index contributed by atoms with van der Waals surface area (Å²) < 4.78 is 7.14. The van der Waals surface area contributed by atoms with E-state index in [1.165, 1.54) is 83.5 Å². The first-order valence-corrected chi connectivity index (χ1v) is 14.3. The van der Waals surface area contributed by atoms with Gasteiger partial charge in [-0.1, -0.05) is 115 Å². The number of esters is 1. The Balaban J connectivity index is 1.66. The molecule has 2 rings (SSSR count). The molecule has 0 unspecified atom stereocenters. The van der Waals surface area contributed by atoms with Crippen LogP contribution in [0.5, 0.6) is 0 Å². The predicted molar refractivity (Wildman–Crippen MR) is 147 cm³/mol. The molecule has 0 aliphatic heterocycles. The highest BCUT2D eigenvalue weighted by Crippen LogP contribution is 2.28. The van der Waals surface area contributed by atoms with Crippen LogP contribution < -0.4 is 0 Å². The number of para-hydroxylation sites is 1. The van der Waals surface area contributed by atoms with Gasteiger partial charge in [0.2, 0.25) is 0 Å². The van der Waals surface area contributed by atoms with E-state index in [0.29, 0.717) is 18.6 Å². The molecule has 1 heterocycles. The van der Waals surface area contributed by atoms with Gasteiger partial charge in [0.25, 0.3) is 0 Å². The lowest BCUT2D eigenvalue weighted by Crippen LogP contribution is -2.13. The Morgan fingerprint density at radius 2 is 1.26 bits per heavy atom. The van der Waals surface area contributed by atoms with Gasteiger partial charge in [0.05, 0.1) is 13.0 Å². The Labute approximate surface area is 213 Å². The summed E-state index contributed by atoms with van der Waals surface area (Å²) in [7, 11) is 1.93. The highest BCUT2D eigenvalue weighted by atomic mass is 16.5. The van der Waals surface area contributed by atoms with Gasteiger partial charge in [-0.05, 0) is 19.4 Å². The molecule has 0 radical (unpaired) electrons. The summed E-state index contributed by atoms with van der Waals surface area (Å²) in [6.45, 7) is 4.43. The molecule has 0 amide bonds. The van der Waals surface area contributed by atoms with Crippen molar-refractivity contribution in [2.24, 2.45) is 7.05 Å². The molecule has 0 N–H and O–H groups in total. The Kier molecular flexibility index (Phi) is 14.4. The number of rotatable bonds is 20. The number of unbranched alkanes of at least 4 members (excludes halogenated alkanes) is 14. The van der Waals surface area contributed by atoms with Crippen molar-refractivity contribution in [2.75, 3.05) is 6.61 Å². The standard InChI is InChI=1S/C31H49NO3/c1-4-6-7-8-9-10-11-12-13-14-15-16-17-18-19-24-29(33)31-26-22-20-21-23-27(26)32(3)28(31)25-30(34)35-5-2/h20-23H,4-19,24-25H2,1-3H3. The molecule has 196 valence electrons. The zero-order valence-corrected chi connectivity index (χ0v) is 22.7. The van der Waals surface area contributed by atoms with E-state index in [0.717, 1.165) is 29.4 Å². The molecule has 4 heteroatoms. The van der Waals surface area contributed by atoms with Crippen LogP contribution in [0.1, 0.15) is 133 Å². The van der Waals surface area contributed by atoms with E-state index in [2.05, 4.69) is 6.92 Å². The van der Waals surface area contributed by atoms with Crippen molar-refractivity contribution in [1.29, 1.82) is 0 Å². The number of ether oxygens (including phenoxy) is 1. The minimum atomic E-state index is -0.278. The number of ketones is 1. The normalized spacial score (nSPS) is 11.3. The molecule has 2 aromatic rings. The van der Waals surface area contributed by atoms with Crippen LogP contribution in [0.2, 0.25) is 0 Å². The van der Waals surface area contributed by atoms with E-state index < -0.39 is 0 Å². The van der Waals surface area contributed by atoms with Crippen LogP contribution in [0.15, 0.2) is 24.3 Å². The topological polar surface area (TPSA) is 48.3 Å². The molecule has 0 saturated heterocycles. The number of hydrogen-bond acceptors (Lipinski definition) is 3. The molecule has 0 aliphatic carbocycles. The lowest BCUT2D eigenvalue weighted by Gasteiger charge is -2.08. The molecule has 4 nitrogen and oxygen atoms in total. The number of aromatic nitrogens is 1. The molecule has 1 aromatic carbocycles. The SMILES string of the molecule is CCCCCCCCCCCCCCCCCC(=O)c1c(CC(=O)OCC)n(C)c2ccccc12. The van der Waals surface area contributed by atoms with Crippen molar-refractivity contribution in [3.63, 3.8) is 0 Å². The summed E-state index contributed by atoms with van der Waals surface area (Å²) in [5, 5.41) is 0.945. The van der Waals surface area contributed by atoms with Crippen LogP contribution in [-0.4, -0.2) is 22.9 Å². The van der Waals surface area contributed by atoms with Crippen LogP contribution in [0.4, 0.5) is 0 Å². The molecule has 0 bridgehead atoms. The first-order chi connectivity index (χ1) is 17.1. The second kappa shape index (κ2) is 17.3. The highest BCUT2D eigenvalue weighted by molar-refractivity contribution is 6.10. The number of hydrogen-bond donors (Lipinski definition) is 0. The van der Waals surface area contributed by atoms with Gasteiger partial charge >= 0.3 is 5.97 Å². The average Bonchev–Trinajstić information content (AvgIpc) is 3.13. The van der Waals surface area contributed by atoms with Gasteiger partial charge in [0.15, 0.2) is 5.78 Å². The van der Waals surface area contributed by atoms with Crippen molar-refractivity contribution in [2.45, 2.75) is 123 Å². The summed E-state index contributed by atoms with van der Waals surface area (Å²) >= 11 is 0. The number of Topliss-reactive ketones (excluding diaryl/α,β-unsaturated/α-hetero) is 1. The second-order valence-electron chi connectivity index (χ2n) is 10.0. The lowest BCUT2D eigenvalue weighted by atomic mass is 9.99. The maximum absolute atomic E-state index is 13.2. The van der Waals surface area contributed by atoms with Crippen molar-refractivity contribution >= 4 is 22.7 Å². The number of nitrogens with zero attached hydrogens (tertiary/aromatic N) is 1. The minimum absolute atomic E-state index is 0.138. The lowest BCUT2D eigenvalue weighted by molar-refractivity contribution is -0.142. The number of aryl methyl sites for hydroxylation is 1. The van der Waals surface area contributed by atoms with Gasteiger partial charge in [-0.2, -0.15) is 0 Å². The summed E-state index contributed by atoms with van der Waals surface area (Å²) in [6, 6.07) is 7.93. The van der Waals surface area contributed by atoms with Gasteiger partial charge in [-0.15, -0.1) is 0 Å². The van der Waals surface area contributed by atoms with Crippen LogP contribution in [0.3, 0.4) is 0 Å². The minimum Gasteiger partial charge on any atom is -0.466 e. The van der Waals surface area contributed by atoms with E-state index in [4.69, 9.17) is 4.74 Å². The van der Waals surface area contributed by atoms with Crippen molar-refractivity contribution in [3.05, 3.63) is 35.5 Å². The molecule has 1 aromatic heterocycles. The van der Waals surface area contributed by atoms with Gasteiger partial charge in [-0.3, -0.25) is 9.59 Å². The number of carbonyl (C=O) groups is 2. The van der Waals surface area contributed by atoms with Gasteiger partial charge < -0.3 is 9.30 Å². The van der Waals surface area contributed by atoms with Gasteiger partial charge in [-0.25, -0.2) is 0 Å². The van der Waals surface area contributed by atoms with Crippen LogP contribution >= 0.6 is 0 Å². The van der Waals surface area contributed by atoms with Crippen molar-refractivity contribution in [3.8, 4) is 0 Å². The third-order valence-electron chi connectivity index (χ3n) is 7.13. The molecule has 35 heavy (non-hydrogen) atoms. The largest absolute Gasteiger partial charge is 0.466 e. The first-order valence-electron chi connectivity index (χ1n) is 14.3. The summed E-state index contributed by atoms with van der Waals surface area (Å²) in [6.07, 6.45) is 20.4. The monoisotopic (exact) mass is 483 g/mol. The molecule has 0 aliphatic rings. The third kappa shape index (κ3) is 10.2. The summed E-state index contributed by atoms with van der Waals surface area (Å²) in [5.74, 6) is -0.129. The van der Waals surface area contributed by atoms with E-state index in [-0.39, 0.29) is 18.2 Å². The molecular formula is C31H49NO3. The molecule has 0 saturated carbocycles. The Bertz CT molecular complexity index is 883. The Morgan fingerprint density at radius 3 is 1.80 bits per heavy atom. The van der Waals surface area contributed by atoms with Gasteiger partial charge in [0.1, 0.15) is 0 Å². The van der Waals surface area contributed by atoms with Gasteiger partial charge in [0, 0.05) is 35.6 Å². The van der Waals surface area contributed by atoms with E-state index in [9.17, 15) is 9.59 Å². The zero-order valence-electron chi connectivity index (χ0n) is 22.7. The first kappa shape index (κ1) is 29.1. The Morgan fingerprint density at radius 1 is 0.743 bits per heavy atom. The fraction of sp³-hybridized carbons (Fsp3) is 0.677. The fourth-order valence-corrected chi connectivity index (χ4v) is 5.09. The second-order valence-corrected chi connectivity index (χ2v) is 10.0. The van der Waals surface area contributed by atoms with E-state index >= 15 is 0 Å².